The molecule has 1 aliphatic rings. The molecule has 34 heavy (non-hydrogen) atoms. The van der Waals surface area contributed by atoms with Gasteiger partial charge in [-0.3, -0.25) is 0 Å². The van der Waals surface area contributed by atoms with Gasteiger partial charge in [0.15, 0.2) is 5.65 Å². The fourth-order valence-electron chi connectivity index (χ4n) is 4.65. The van der Waals surface area contributed by atoms with Crippen LogP contribution in [-0.2, 0) is 11.8 Å². The number of imidazole rings is 1. The minimum Gasteiger partial charge on any atom is -0.386 e. The van der Waals surface area contributed by atoms with Crippen LogP contribution in [0, 0.1) is 6.92 Å². The van der Waals surface area contributed by atoms with Crippen LogP contribution in [0.5, 0.6) is 0 Å². The molecule has 0 bridgehead atoms. The van der Waals surface area contributed by atoms with Gasteiger partial charge in [-0.1, -0.05) is 42.0 Å². The molecule has 5 nitrogen and oxygen atoms in total. The highest BCUT2D eigenvalue weighted by atomic mass is 19.4. The molecular weight excluding hydrogens is 443 g/mol. The lowest BCUT2D eigenvalue weighted by atomic mass is 9.95. The highest BCUT2D eigenvalue weighted by molar-refractivity contribution is 5.77. The van der Waals surface area contributed by atoms with Gasteiger partial charge in [-0.25, -0.2) is 9.97 Å². The van der Waals surface area contributed by atoms with Crippen molar-refractivity contribution in [2.75, 3.05) is 0 Å². The Kier molecular flexibility index (Phi) is 5.07. The molecule has 8 heteroatoms. The first kappa shape index (κ1) is 22.6. The van der Waals surface area contributed by atoms with Crippen molar-refractivity contribution in [3.05, 3.63) is 82.7 Å². The number of benzene rings is 2. The van der Waals surface area contributed by atoms with Gasteiger partial charge < -0.3 is 14.8 Å². The van der Waals surface area contributed by atoms with E-state index in [1.807, 2.05) is 24.3 Å². The van der Waals surface area contributed by atoms with Gasteiger partial charge in [0.1, 0.15) is 17.4 Å². The number of aryl methyl sites for hydroxylation is 1. The molecular formula is C26H24F3N3O2. The summed E-state index contributed by atoms with van der Waals surface area (Å²) in [5.74, 6) is 0.316. The normalized spacial score (nSPS) is 18.5. The van der Waals surface area contributed by atoms with Crippen molar-refractivity contribution < 1.29 is 23.4 Å². The molecule has 2 aromatic heterocycles. The Balaban J connectivity index is 1.65. The van der Waals surface area contributed by atoms with E-state index in [4.69, 9.17) is 4.98 Å². The van der Waals surface area contributed by atoms with E-state index in [2.05, 4.69) is 4.98 Å². The van der Waals surface area contributed by atoms with Gasteiger partial charge in [0.05, 0.1) is 22.9 Å². The average Bonchev–Trinajstić information content (AvgIpc) is 3.29. The van der Waals surface area contributed by atoms with E-state index in [0.717, 1.165) is 17.2 Å². The van der Waals surface area contributed by atoms with Crippen LogP contribution in [-0.4, -0.2) is 24.7 Å². The predicted molar refractivity (Wildman–Crippen MR) is 122 cm³/mol. The molecule has 2 unspecified atom stereocenters. The van der Waals surface area contributed by atoms with E-state index in [1.54, 1.807) is 37.5 Å². The van der Waals surface area contributed by atoms with E-state index in [-0.39, 0.29) is 12.0 Å². The highest BCUT2D eigenvalue weighted by Crippen LogP contribution is 2.45. The topological polar surface area (TPSA) is 71.2 Å². The summed E-state index contributed by atoms with van der Waals surface area (Å²) < 4.78 is 43.1. The van der Waals surface area contributed by atoms with Gasteiger partial charge in [-0.15, -0.1) is 0 Å². The maximum Gasteiger partial charge on any atom is 0.416 e. The molecule has 4 aromatic rings. The number of nitrogens with zero attached hydrogens (tertiary/aromatic N) is 3. The number of halogens is 3. The second-order valence-electron chi connectivity index (χ2n) is 9.37. The molecule has 0 aliphatic carbocycles. The van der Waals surface area contributed by atoms with E-state index in [0.29, 0.717) is 28.2 Å². The lowest BCUT2D eigenvalue weighted by molar-refractivity contribution is -0.138. The van der Waals surface area contributed by atoms with E-state index in [1.165, 1.54) is 12.1 Å². The number of alkyl halides is 3. The summed E-state index contributed by atoms with van der Waals surface area (Å²) in [6.45, 7) is 5.15. The molecule has 2 N–H and O–H groups in total. The smallest absolute Gasteiger partial charge is 0.386 e. The molecule has 2 atom stereocenters. The molecule has 1 aliphatic heterocycles. The summed E-state index contributed by atoms with van der Waals surface area (Å²) in [5, 5.41) is 20.9. The van der Waals surface area contributed by atoms with Gasteiger partial charge in [0.25, 0.3) is 0 Å². The van der Waals surface area contributed by atoms with Crippen molar-refractivity contribution in [3.63, 3.8) is 0 Å². The summed E-state index contributed by atoms with van der Waals surface area (Å²) in [4.78, 5) is 9.22. The number of fused-ring (bicyclic) bond motifs is 3. The monoisotopic (exact) mass is 467 g/mol. The SMILES string of the molecule is Cc1ccc(C(F)(F)F)c(C2CC(O)c3nc4ccc(-c5ccc(C(C)(C)O)cc5)nc4n32)c1. The van der Waals surface area contributed by atoms with E-state index >= 15 is 0 Å². The minimum absolute atomic E-state index is 0.0942. The summed E-state index contributed by atoms with van der Waals surface area (Å²) in [7, 11) is 0. The van der Waals surface area contributed by atoms with Crippen LogP contribution in [0.1, 0.15) is 60.5 Å². The van der Waals surface area contributed by atoms with Crippen LogP contribution in [0.25, 0.3) is 22.4 Å². The number of hydrogen-bond donors (Lipinski definition) is 2. The van der Waals surface area contributed by atoms with Crippen LogP contribution in [0.4, 0.5) is 13.2 Å². The third-order valence-electron chi connectivity index (χ3n) is 6.38. The molecule has 0 spiro atoms. The Labute approximate surface area is 194 Å². The average molecular weight is 467 g/mol. The summed E-state index contributed by atoms with van der Waals surface area (Å²) in [6, 6.07) is 14.2. The van der Waals surface area contributed by atoms with Gasteiger partial charge >= 0.3 is 6.18 Å². The number of aromatic nitrogens is 3. The molecule has 5 rings (SSSR count). The Bertz CT molecular complexity index is 1390. The number of hydrogen-bond acceptors (Lipinski definition) is 4. The van der Waals surface area contributed by atoms with Crippen LogP contribution in [0.2, 0.25) is 0 Å². The number of aliphatic hydroxyl groups excluding tert-OH is 1. The van der Waals surface area contributed by atoms with Crippen LogP contribution in [0.3, 0.4) is 0 Å². The summed E-state index contributed by atoms with van der Waals surface area (Å²) >= 11 is 0. The third-order valence-corrected chi connectivity index (χ3v) is 6.38. The summed E-state index contributed by atoms with van der Waals surface area (Å²) in [6.07, 6.45) is -5.42. The Morgan fingerprint density at radius 3 is 2.32 bits per heavy atom. The van der Waals surface area contributed by atoms with Crippen molar-refractivity contribution in [3.8, 4) is 11.3 Å². The second-order valence-corrected chi connectivity index (χ2v) is 9.37. The lowest BCUT2D eigenvalue weighted by Crippen LogP contribution is -2.15. The lowest BCUT2D eigenvalue weighted by Gasteiger charge is -2.21. The number of rotatable bonds is 3. The quantitative estimate of drug-likeness (QED) is 0.407. The van der Waals surface area contributed by atoms with Crippen molar-refractivity contribution in [2.45, 2.75) is 51.1 Å². The highest BCUT2D eigenvalue weighted by Gasteiger charge is 2.41. The maximum absolute atomic E-state index is 13.8. The predicted octanol–water partition coefficient (Wildman–Crippen LogP) is 5.68. The first-order chi connectivity index (χ1) is 15.9. The van der Waals surface area contributed by atoms with Crippen molar-refractivity contribution >= 4 is 11.2 Å². The third kappa shape index (κ3) is 3.76. The fourth-order valence-corrected chi connectivity index (χ4v) is 4.65. The van der Waals surface area contributed by atoms with Crippen LogP contribution in [0.15, 0.2) is 54.6 Å². The number of aliphatic hydroxyl groups is 2. The van der Waals surface area contributed by atoms with Crippen molar-refractivity contribution in [1.82, 2.24) is 14.5 Å². The standard InChI is InChI=1S/C26H24F3N3O2/c1-14-4-9-18(26(27,28)29)17(12-14)21-13-22(33)24-31-20-11-10-19(30-23(20)32(21)24)15-5-7-16(8-6-15)25(2,3)34/h4-12,21-22,33-34H,13H2,1-3H3. The minimum atomic E-state index is -4.52. The molecule has 176 valence electrons. The Morgan fingerprint density at radius 2 is 1.68 bits per heavy atom. The van der Waals surface area contributed by atoms with Crippen LogP contribution < -0.4 is 0 Å². The maximum atomic E-state index is 13.8. The molecule has 0 saturated carbocycles. The zero-order valence-corrected chi connectivity index (χ0v) is 18.9. The van der Waals surface area contributed by atoms with Gasteiger partial charge in [-0.2, -0.15) is 13.2 Å². The summed E-state index contributed by atoms with van der Waals surface area (Å²) in [5.41, 5.74) is 2.22. The molecule has 0 radical (unpaired) electrons. The van der Waals surface area contributed by atoms with Gasteiger partial charge in [0.2, 0.25) is 0 Å². The van der Waals surface area contributed by atoms with Crippen molar-refractivity contribution in [2.24, 2.45) is 0 Å². The van der Waals surface area contributed by atoms with Crippen molar-refractivity contribution in [1.29, 1.82) is 0 Å². The van der Waals surface area contributed by atoms with Gasteiger partial charge in [-0.05, 0) is 50.1 Å². The largest absolute Gasteiger partial charge is 0.416 e. The fraction of sp³-hybridized carbons (Fsp3) is 0.308. The van der Waals surface area contributed by atoms with Gasteiger partial charge in [0, 0.05) is 12.0 Å². The van der Waals surface area contributed by atoms with Crippen LogP contribution >= 0.6 is 0 Å². The second kappa shape index (κ2) is 7.65. The molecule has 3 heterocycles. The zero-order valence-electron chi connectivity index (χ0n) is 18.9. The number of pyridine rings is 1. The van der Waals surface area contributed by atoms with E-state index in [9.17, 15) is 23.4 Å². The first-order valence-corrected chi connectivity index (χ1v) is 11.0. The molecule has 0 amide bonds. The Hall–Kier alpha value is -3.23. The first-order valence-electron chi connectivity index (χ1n) is 11.0. The van der Waals surface area contributed by atoms with E-state index < -0.39 is 29.5 Å². The molecule has 2 aromatic carbocycles. The Morgan fingerprint density at radius 1 is 0.971 bits per heavy atom. The molecule has 0 saturated heterocycles. The zero-order chi connectivity index (χ0) is 24.4. The molecule has 0 fully saturated rings.